The molecular formula is C23H44IN5O. The Bertz CT molecular complexity index is 530. The highest BCUT2D eigenvalue weighted by Crippen LogP contribution is 2.28. The van der Waals surface area contributed by atoms with E-state index in [4.69, 9.17) is 4.99 Å². The van der Waals surface area contributed by atoms with Crippen molar-refractivity contribution in [1.29, 1.82) is 0 Å². The molecule has 6 nitrogen and oxygen atoms in total. The van der Waals surface area contributed by atoms with Crippen LogP contribution in [0, 0.1) is 11.8 Å². The van der Waals surface area contributed by atoms with E-state index in [2.05, 4.69) is 27.4 Å². The van der Waals surface area contributed by atoms with Gasteiger partial charge < -0.3 is 15.5 Å². The minimum absolute atomic E-state index is 0. The van der Waals surface area contributed by atoms with Crippen molar-refractivity contribution in [3.63, 3.8) is 0 Å². The molecule has 2 heterocycles. The average Bonchev–Trinajstić information content (AvgIpc) is 3.19. The minimum Gasteiger partial charge on any atom is -0.359 e. The Labute approximate surface area is 201 Å². The van der Waals surface area contributed by atoms with Crippen molar-refractivity contribution in [3.05, 3.63) is 0 Å². The topological polar surface area (TPSA) is 60.0 Å². The number of amides is 1. The number of rotatable bonds is 7. The molecule has 1 saturated carbocycles. The summed E-state index contributed by atoms with van der Waals surface area (Å²) in [6, 6.07) is 0.622. The van der Waals surface area contributed by atoms with Crippen LogP contribution < -0.4 is 10.6 Å². The summed E-state index contributed by atoms with van der Waals surface area (Å²) in [6.07, 6.45) is 12.6. The molecule has 0 spiro atoms. The van der Waals surface area contributed by atoms with Crippen LogP contribution >= 0.6 is 24.0 Å². The molecule has 7 heteroatoms. The Morgan fingerprint density at radius 2 is 1.70 bits per heavy atom. The molecule has 0 aromatic rings. The van der Waals surface area contributed by atoms with E-state index in [1.165, 1.54) is 58.0 Å². The summed E-state index contributed by atoms with van der Waals surface area (Å²) < 4.78 is 0. The van der Waals surface area contributed by atoms with Crippen molar-refractivity contribution < 1.29 is 4.79 Å². The van der Waals surface area contributed by atoms with Crippen molar-refractivity contribution in [2.45, 2.75) is 77.2 Å². The van der Waals surface area contributed by atoms with Gasteiger partial charge in [0.05, 0.1) is 6.54 Å². The number of carbonyl (C=O) groups excluding carboxylic acids is 1. The van der Waals surface area contributed by atoms with Crippen LogP contribution in [0.2, 0.25) is 0 Å². The van der Waals surface area contributed by atoms with Crippen LogP contribution in [0.4, 0.5) is 0 Å². The molecule has 1 amide bonds. The van der Waals surface area contributed by atoms with Crippen molar-refractivity contribution >= 4 is 35.8 Å². The number of aliphatic imine (C=N–C) groups is 1. The molecule has 0 aromatic heterocycles. The van der Waals surface area contributed by atoms with Crippen molar-refractivity contribution in [3.8, 4) is 0 Å². The molecule has 2 N–H and O–H groups in total. The molecule has 0 aromatic carbocycles. The van der Waals surface area contributed by atoms with Gasteiger partial charge in [0.25, 0.3) is 0 Å². The summed E-state index contributed by atoms with van der Waals surface area (Å²) in [7, 11) is 1.73. The number of nitrogens with one attached hydrogen (secondary N) is 2. The predicted molar refractivity (Wildman–Crippen MR) is 136 cm³/mol. The third kappa shape index (κ3) is 7.84. The number of hydrogen-bond acceptors (Lipinski definition) is 3. The lowest BCUT2D eigenvalue weighted by Gasteiger charge is -2.34. The second-order valence-corrected chi connectivity index (χ2v) is 9.30. The van der Waals surface area contributed by atoms with Crippen LogP contribution in [-0.4, -0.2) is 74.0 Å². The van der Waals surface area contributed by atoms with E-state index in [1.807, 2.05) is 0 Å². The Balaban J connectivity index is 0.00000320. The van der Waals surface area contributed by atoms with E-state index in [9.17, 15) is 4.79 Å². The number of piperidine rings is 1. The molecule has 2 saturated heterocycles. The van der Waals surface area contributed by atoms with Crippen molar-refractivity contribution in [2.24, 2.45) is 16.8 Å². The number of likely N-dealkylation sites (tertiary alicyclic amines) is 2. The lowest BCUT2D eigenvalue weighted by molar-refractivity contribution is -0.121. The molecule has 0 radical (unpaired) electrons. The summed E-state index contributed by atoms with van der Waals surface area (Å²) in [5, 5.41) is 6.28. The first-order valence-corrected chi connectivity index (χ1v) is 12.2. The van der Waals surface area contributed by atoms with E-state index in [1.54, 1.807) is 7.05 Å². The average molecular weight is 534 g/mol. The number of hydrogen-bond donors (Lipinski definition) is 2. The fraction of sp³-hybridized carbons (Fsp3) is 0.913. The molecule has 1 aliphatic carbocycles. The Morgan fingerprint density at radius 3 is 2.37 bits per heavy atom. The Hall–Kier alpha value is -0.570. The SMILES string of the molecule is CCNC(=NCC1CCCN1CC1CCCCC1)N1CCC(CC(=O)NC)CC1.I. The first-order valence-electron chi connectivity index (χ1n) is 12.2. The van der Waals surface area contributed by atoms with Gasteiger partial charge >= 0.3 is 0 Å². The lowest BCUT2D eigenvalue weighted by atomic mass is 9.89. The zero-order valence-electron chi connectivity index (χ0n) is 19.2. The standard InChI is InChI=1S/C23H43N5O.HI/c1-3-25-23(27-14-11-19(12-15-27)16-22(29)24-2)26-17-21-10-7-13-28(21)18-20-8-5-4-6-9-20;/h19-21H,3-18H2,1-2H3,(H,24,29)(H,25,26);1H. The summed E-state index contributed by atoms with van der Waals surface area (Å²) in [6.45, 7) is 8.55. The lowest BCUT2D eigenvalue weighted by Crippen LogP contribution is -2.46. The van der Waals surface area contributed by atoms with Crippen LogP contribution in [-0.2, 0) is 4.79 Å². The van der Waals surface area contributed by atoms with E-state index < -0.39 is 0 Å². The van der Waals surface area contributed by atoms with Gasteiger partial charge in [-0.2, -0.15) is 0 Å². The van der Waals surface area contributed by atoms with Gasteiger partial charge in [0.15, 0.2) is 5.96 Å². The van der Waals surface area contributed by atoms with Crippen molar-refractivity contribution in [1.82, 2.24) is 20.4 Å². The van der Waals surface area contributed by atoms with Gasteiger partial charge in [0.2, 0.25) is 5.91 Å². The number of nitrogens with zero attached hydrogens (tertiary/aromatic N) is 3. The third-order valence-corrected chi connectivity index (χ3v) is 7.17. The quantitative estimate of drug-likeness (QED) is 0.299. The highest BCUT2D eigenvalue weighted by atomic mass is 127. The molecule has 1 unspecified atom stereocenters. The van der Waals surface area contributed by atoms with Crippen LogP contribution in [0.15, 0.2) is 4.99 Å². The Morgan fingerprint density at radius 1 is 0.967 bits per heavy atom. The van der Waals surface area contributed by atoms with Gasteiger partial charge in [-0.05, 0) is 63.8 Å². The summed E-state index contributed by atoms with van der Waals surface area (Å²) in [5.41, 5.74) is 0. The van der Waals surface area contributed by atoms with E-state index in [-0.39, 0.29) is 29.9 Å². The summed E-state index contributed by atoms with van der Waals surface area (Å²) >= 11 is 0. The molecular weight excluding hydrogens is 489 g/mol. The maximum absolute atomic E-state index is 11.7. The molecule has 2 aliphatic heterocycles. The zero-order valence-corrected chi connectivity index (χ0v) is 21.5. The van der Waals surface area contributed by atoms with Crippen LogP contribution in [0.25, 0.3) is 0 Å². The number of carbonyl (C=O) groups is 1. The van der Waals surface area contributed by atoms with Crippen LogP contribution in [0.3, 0.4) is 0 Å². The van der Waals surface area contributed by atoms with E-state index in [0.717, 1.165) is 50.9 Å². The summed E-state index contributed by atoms with van der Waals surface area (Å²) in [5.74, 6) is 2.68. The Kier molecular flexibility index (Phi) is 11.8. The zero-order chi connectivity index (χ0) is 20.5. The molecule has 3 fully saturated rings. The van der Waals surface area contributed by atoms with Gasteiger partial charge in [-0.1, -0.05) is 19.3 Å². The van der Waals surface area contributed by atoms with Crippen molar-refractivity contribution in [2.75, 3.05) is 46.3 Å². The largest absolute Gasteiger partial charge is 0.359 e. The third-order valence-electron chi connectivity index (χ3n) is 7.17. The number of guanidine groups is 1. The van der Waals surface area contributed by atoms with Gasteiger partial charge in [-0.15, -0.1) is 24.0 Å². The first kappa shape index (κ1) is 25.7. The molecule has 3 aliphatic rings. The molecule has 0 bridgehead atoms. The van der Waals surface area contributed by atoms with Gasteiger partial charge in [0, 0.05) is 45.7 Å². The smallest absolute Gasteiger partial charge is 0.220 e. The normalized spacial score (nSPS) is 24.5. The second kappa shape index (κ2) is 13.8. The predicted octanol–water partition coefficient (Wildman–Crippen LogP) is 3.46. The first-order chi connectivity index (χ1) is 14.2. The fourth-order valence-corrected chi connectivity index (χ4v) is 5.37. The maximum Gasteiger partial charge on any atom is 0.220 e. The van der Waals surface area contributed by atoms with Crippen LogP contribution in [0.5, 0.6) is 0 Å². The molecule has 30 heavy (non-hydrogen) atoms. The fourth-order valence-electron chi connectivity index (χ4n) is 5.37. The van der Waals surface area contributed by atoms with E-state index >= 15 is 0 Å². The minimum atomic E-state index is 0. The highest BCUT2D eigenvalue weighted by molar-refractivity contribution is 14.0. The maximum atomic E-state index is 11.7. The second-order valence-electron chi connectivity index (χ2n) is 9.30. The monoisotopic (exact) mass is 533 g/mol. The van der Waals surface area contributed by atoms with Gasteiger partial charge in [-0.3, -0.25) is 14.7 Å². The van der Waals surface area contributed by atoms with Gasteiger partial charge in [0.1, 0.15) is 0 Å². The summed E-state index contributed by atoms with van der Waals surface area (Å²) in [4.78, 5) is 21.9. The molecule has 1 atom stereocenters. The highest BCUT2D eigenvalue weighted by Gasteiger charge is 2.28. The van der Waals surface area contributed by atoms with E-state index in [0.29, 0.717) is 18.4 Å². The van der Waals surface area contributed by atoms with Crippen LogP contribution in [0.1, 0.15) is 71.1 Å². The van der Waals surface area contributed by atoms with Gasteiger partial charge in [-0.25, -0.2) is 0 Å². The molecule has 3 rings (SSSR count). The molecule has 174 valence electrons. The number of halogens is 1.